The largest absolute Gasteiger partial charge is 0.361 e. The smallest absolute Gasteiger partial charge is 0.183 e. The van der Waals surface area contributed by atoms with Crippen molar-refractivity contribution in [1.29, 1.82) is 0 Å². The third kappa shape index (κ3) is 3.51. The second-order valence-electron chi connectivity index (χ2n) is 3.72. The molecule has 0 unspecified atom stereocenters. The van der Waals surface area contributed by atoms with Crippen molar-refractivity contribution >= 4 is 32.4 Å². The maximum absolute atomic E-state index is 12.9. The third-order valence-electron chi connectivity index (χ3n) is 2.45. The highest BCUT2D eigenvalue weighted by molar-refractivity contribution is 9.10. The van der Waals surface area contributed by atoms with Crippen LogP contribution in [0, 0.1) is 12.7 Å². The zero-order chi connectivity index (χ0) is 12.3. The van der Waals surface area contributed by atoms with Crippen molar-refractivity contribution in [2.45, 2.75) is 13.3 Å². The van der Waals surface area contributed by atoms with Gasteiger partial charge in [0, 0.05) is 11.9 Å². The van der Waals surface area contributed by atoms with Gasteiger partial charge >= 0.3 is 0 Å². The highest BCUT2D eigenvalue weighted by atomic mass is 79.9. The molecule has 0 amide bonds. The molecule has 2 nitrogen and oxygen atoms in total. The molecule has 1 heterocycles. The normalized spacial score (nSPS) is 10.5. The number of aromatic nitrogens is 1. The van der Waals surface area contributed by atoms with E-state index < -0.39 is 0 Å². The molecule has 1 aromatic carbocycles. The van der Waals surface area contributed by atoms with Crippen molar-refractivity contribution in [2.75, 3.05) is 11.9 Å². The van der Waals surface area contributed by atoms with Gasteiger partial charge in [-0.05, 0) is 52.5 Å². The van der Waals surface area contributed by atoms with Crippen LogP contribution in [0.15, 0.2) is 28.2 Å². The highest BCUT2D eigenvalue weighted by Crippen LogP contribution is 2.19. The minimum absolute atomic E-state index is 0.178. The average Bonchev–Trinajstić information content (AvgIpc) is 2.68. The van der Waals surface area contributed by atoms with E-state index in [1.54, 1.807) is 17.4 Å². The van der Waals surface area contributed by atoms with Gasteiger partial charge in [0.25, 0.3) is 0 Å². The van der Waals surface area contributed by atoms with Crippen LogP contribution in [0.1, 0.15) is 11.1 Å². The number of hydrogen-bond donors (Lipinski definition) is 1. The molecular weight excluding hydrogens is 303 g/mol. The summed E-state index contributed by atoms with van der Waals surface area (Å²) in [5, 5.41) is 6.08. The average molecular weight is 315 g/mol. The molecule has 0 saturated carbocycles. The zero-order valence-electron chi connectivity index (χ0n) is 9.34. The van der Waals surface area contributed by atoms with Gasteiger partial charge < -0.3 is 5.32 Å². The van der Waals surface area contributed by atoms with E-state index in [-0.39, 0.29) is 5.82 Å². The summed E-state index contributed by atoms with van der Waals surface area (Å²) in [6, 6.07) is 4.90. The molecule has 0 aliphatic carbocycles. The minimum Gasteiger partial charge on any atom is -0.361 e. The van der Waals surface area contributed by atoms with Gasteiger partial charge in [0.05, 0.1) is 0 Å². The molecule has 1 aromatic heterocycles. The third-order valence-corrected chi connectivity index (χ3v) is 3.96. The molecule has 90 valence electrons. The number of aryl methyl sites for hydroxylation is 1. The van der Waals surface area contributed by atoms with Gasteiger partial charge in [-0.25, -0.2) is 9.37 Å². The van der Waals surface area contributed by atoms with Crippen molar-refractivity contribution in [3.8, 4) is 0 Å². The van der Waals surface area contributed by atoms with Crippen molar-refractivity contribution in [2.24, 2.45) is 0 Å². The van der Waals surface area contributed by atoms with Crippen LogP contribution in [0.2, 0.25) is 0 Å². The van der Waals surface area contributed by atoms with E-state index in [2.05, 4.69) is 26.2 Å². The van der Waals surface area contributed by atoms with E-state index in [1.165, 1.54) is 6.07 Å². The van der Waals surface area contributed by atoms with Crippen molar-refractivity contribution in [1.82, 2.24) is 4.98 Å². The Hall–Kier alpha value is -0.940. The van der Waals surface area contributed by atoms with Crippen molar-refractivity contribution in [3.05, 3.63) is 45.1 Å². The van der Waals surface area contributed by atoms with Crippen molar-refractivity contribution < 1.29 is 4.39 Å². The Balaban J connectivity index is 1.90. The fourth-order valence-corrected chi connectivity index (χ4v) is 2.75. The summed E-state index contributed by atoms with van der Waals surface area (Å²) in [6.45, 7) is 2.73. The monoisotopic (exact) mass is 314 g/mol. The standard InChI is InChI=1S/C12H12BrFN2S/c1-8-6-10(14)3-2-9(8)4-5-15-12-16-11(13)7-17-12/h2-3,6-7H,4-5H2,1H3,(H,15,16). The second kappa shape index (κ2) is 5.60. The van der Waals surface area contributed by atoms with Gasteiger partial charge in [0.1, 0.15) is 10.4 Å². The molecular formula is C12H12BrFN2S. The summed E-state index contributed by atoms with van der Waals surface area (Å²) in [6.07, 6.45) is 0.864. The number of nitrogens with zero attached hydrogens (tertiary/aromatic N) is 1. The quantitative estimate of drug-likeness (QED) is 0.922. The zero-order valence-corrected chi connectivity index (χ0v) is 11.7. The number of halogens is 2. The van der Waals surface area contributed by atoms with Gasteiger partial charge in [0.2, 0.25) is 0 Å². The van der Waals surface area contributed by atoms with E-state index in [4.69, 9.17) is 0 Å². The van der Waals surface area contributed by atoms with Crippen LogP contribution >= 0.6 is 27.3 Å². The maximum Gasteiger partial charge on any atom is 0.183 e. The Morgan fingerprint density at radius 3 is 2.94 bits per heavy atom. The Labute approximate surface area is 112 Å². The van der Waals surface area contributed by atoms with Crippen LogP contribution in [0.25, 0.3) is 0 Å². The summed E-state index contributed by atoms with van der Waals surface area (Å²) in [4.78, 5) is 4.24. The van der Waals surface area contributed by atoms with Gasteiger partial charge in [-0.3, -0.25) is 0 Å². The molecule has 5 heteroatoms. The summed E-state index contributed by atoms with van der Waals surface area (Å²) < 4.78 is 13.8. The Morgan fingerprint density at radius 2 is 2.29 bits per heavy atom. The molecule has 0 aliphatic heterocycles. The van der Waals surface area contributed by atoms with Crippen molar-refractivity contribution in [3.63, 3.8) is 0 Å². The number of thiazole rings is 1. The summed E-state index contributed by atoms with van der Waals surface area (Å²) in [5.41, 5.74) is 2.15. The first-order valence-electron chi connectivity index (χ1n) is 5.25. The van der Waals surface area contributed by atoms with Crippen LogP contribution < -0.4 is 5.32 Å². The topological polar surface area (TPSA) is 24.9 Å². The van der Waals surface area contributed by atoms with E-state index in [0.29, 0.717) is 0 Å². The second-order valence-corrected chi connectivity index (χ2v) is 5.39. The fourth-order valence-electron chi connectivity index (χ4n) is 1.58. The van der Waals surface area contributed by atoms with Gasteiger partial charge in [0.15, 0.2) is 5.13 Å². The first kappa shape index (κ1) is 12.5. The van der Waals surface area contributed by atoms with E-state index >= 15 is 0 Å². The van der Waals surface area contributed by atoms with E-state index in [0.717, 1.165) is 33.8 Å². The van der Waals surface area contributed by atoms with Crippen LogP contribution in [-0.4, -0.2) is 11.5 Å². The van der Waals surface area contributed by atoms with Crippen LogP contribution in [0.5, 0.6) is 0 Å². The number of rotatable bonds is 4. The molecule has 0 saturated heterocycles. The molecule has 0 bridgehead atoms. The lowest BCUT2D eigenvalue weighted by Gasteiger charge is -2.06. The highest BCUT2D eigenvalue weighted by Gasteiger charge is 2.01. The molecule has 0 spiro atoms. The lowest BCUT2D eigenvalue weighted by Crippen LogP contribution is -2.05. The SMILES string of the molecule is Cc1cc(F)ccc1CCNc1nc(Br)cs1. The molecule has 0 aliphatic rings. The number of anilines is 1. The lowest BCUT2D eigenvalue weighted by atomic mass is 10.1. The summed E-state index contributed by atoms with van der Waals surface area (Å²) >= 11 is 4.87. The Kier molecular flexibility index (Phi) is 4.12. The summed E-state index contributed by atoms with van der Waals surface area (Å²) in [5.74, 6) is -0.178. The molecule has 2 aromatic rings. The summed E-state index contributed by atoms with van der Waals surface area (Å²) in [7, 11) is 0. The Morgan fingerprint density at radius 1 is 1.47 bits per heavy atom. The van der Waals surface area contributed by atoms with Gasteiger partial charge in [-0.1, -0.05) is 6.07 Å². The molecule has 0 fully saturated rings. The first-order chi connectivity index (χ1) is 8.15. The molecule has 0 radical (unpaired) electrons. The van der Waals surface area contributed by atoms with E-state index in [1.807, 2.05) is 18.4 Å². The predicted octanol–water partition coefficient (Wildman–Crippen LogP) is 4.01. The molecule has 17 heavy (non-hydrogen) atoms. The number of nitrogens with one attached hydrogen (secondary N) is 1. The lowest BCUT2D eigenvalue weighted by molar-refractivity contribution is 0.625. The fraction of sp³-hybridized carbons (Fsp3) is 0.250. The molecule has 1 N–H and O–H groups in total. The molecule has 0 atom stereocenters. The van der Waals surface area contributed by atoms with E-state index in [9.17, 15) is 4.39 Å². The van der Waals surface area contributed by atoms with Crippen LogP contribution in [-0.2, 0) is 6.42 Å². The minimum atomic E-state index is -0.178. The first-order valence-corrected chi connectivity index (χ1v) is 6.92. The maximum atomic E-state index is 12.9. The van der Waals surface area contributed by atoms with Crippen LogP contribution in [0.4, 0.5) is 9.52 Å². The number of hydrogen-bond acceptors (Lipinski definition) is 3. The number of benzene rings is 1. The van der Waals surface area contributed by atoms with Crippen LogP contribution in [0.3, 0.4) is 0 Å². The Bertz CT molecular complexity index is 513. The molecule has 2 rings (SSSR count). The van der Waals surface area contributed by atoms with Gasteiger partial charge in [-0.2, -0.15) is 0 Å². The predicted molar refractivity (Wildman–Crippen MR) is 73.1 cm³/mol. The van der Waals surface area contributed by atoms with Gasteiger partial charge in [-0.15, -0.1) is 11.3 Å².